The second kappa shape index (κ2) is 9.23. The van der Waals surface area contributed by atoms with E-state index in [0.717, 1.165) is 6.42 Å². The van der Waals surface area contributed by atoms with Crippen LogP contribution in [-0.4, -0.2) is 18.5 Å². The Bertz CT molecular complexity index is 476. The highest BCUT2D eigenvalue weighted by Crippen LogP contribution is 2.19. The van der Waals surface area contributed by atoms with E-state index in [2.05, 4.69) is 13.8 Å². The summed E-state index contributed by atoms with van der Waals surface area (Å²) >= 11 is 0. The number of carbonyl (C=O) groups excluding carboxylic acids is 2. The molecule has 4 heteroatoms. The van der Waals surface area contributed by atoms with Crippen LogP contribution in [0.4, 0.5) is 0 Å². The lowest BCUT2D eigenvalue weighted by molar-refractivity contribution is -0.147. The van der Waals surface area contributed by atoms with E-state index in [1.165, 1.54) is 5.56 Å². The van der Waals surface area contributed by atoms with Crippen LogP contribution in [0.1, 0.15) is 58.4 Å². The Balaban J connectivity index is 2.32. The van der Waals surface area contributed by atoms with Gasteiger partial charge in [0.15, 0.2) is 0 Å². The predicted octanol–water partition coefficient (Wildman–Crippen LogP) is 4.08. The minimum absolute atomic E-state index is 0.0330. The molecule has 122 valence electrons. The molecule has 0 aromatic heterocycles. The van der Waals surface area contributed by atoms with Gasteiger partial charge in [-0.3, -0.25) is 9.59 Å². The van der Waals surface area contributed by atoms with Gasteiger partial charge in [-0.05, 0) is 29.5 Å². The van der Waals surface area contributed by atoms with Gasteiger partial charge in [0.05, 0.1) is 19.4 Å². The Morgan fingerprint density at radius 3 is 2.14 bits per heavy atom. The summed E-state index contributed by atoms with van der Waals surface area (Å²) in [7, 11) is 0. The average molecular weight is 306 g/mol. The van der Waals surface area contributed by atoms with Crippen molar-refractivity contribution >= 4 is 11.9 Å². The fourth-order valence-electron chi connectivity index (χ4n) is 1.73. The van der Waals surface area contributed by atoms with E-state index >= 15 is 0 Å². The summed E-state index contributed by atoms with van der Waals surface area (Å²) in [5.74, 6) is 0.507. The van der Waals surface area contributed by atoms with Gasteiger partial charge in [0.25, 0.3) is 0 Å². The summed E-state index contributed by atoms with van der Waals surface area (Å²) in [6.45, 7) is 8.67. The van der Waals surface area contributed by atoms with Crippen molar-refractivity contribution < 1.29 is 19.1 Å². The first kappa shape index (κ1) is 18.2. The summed E-state index contributed by atoms with van der Waals surface area (Å²) in [5.41, 5.74) is 1.19. The SMILES string of the molecule is CCC(C)COC(=O)CCC(=O)Oc1ccc(C(C)C)cc1. The molecule has 0 N–H and O–H groups in total. The molecule has 0 heterocycles. The third-order valence-electron chi connectivity index (χ3n) is 3.54. The molecule has 1 atom stereocenters. The molecular weight excluding hydrogens is 280 g/mol. The quantitative estimate of drug-likeness (QED) is 0.536. The first-order valence-corrected chi connectivity index (χ1v) is 7.88. The molecular formula is C18H26O4. The average Bonchev–Trinajstić information content (AvgIpc) is 2.51. The maximum atomic E-state index is 11.7. The minimum atomic E-state index is -0.419. The lowest BCUT2D eigenvalue weighted by Gasteiger charge is -2.10. The van der Waals surface area contributed by atoms with E-state index < -0.39 is 5.97 Å². The first-order chi connectivity index (χ1) is 10.4. The van der Waals surface area contributed by atoms with Crippen molar-refractivity contribution in [1.82, 2.24) is 0 Å². The van der Waals surface area contributed by atoms with Crippen molar-refractivity contribution in [2.24, 2.45) is 5.92 Å². The highest BCUT2D eigenvalue weighted by atomic mass is 16.5. The molecule has 0 aliphatic carbocycles. The molecule has 0 aliphatic rings. The van der Waals surface area contributed by atoms with Crippen LogP contribution in [-0.2, 0) is 14.3 Å². The molecule has 0 spiro atoms. The highest BCUT2D eigenvalue weighted by Gasteiger charge is 2.11. The number of hydrogen-bond donors (Lipinski definition) is 0. The van der Waals surface area contributed by atoms with Crippen molar-refractivity contribution in [3.63, 3.8) is 0 Å². The Kier molecular flexibility index (Phi) is 7.64. The van der Waals surface area contributed by atoms with E-state index in [1.54, 1.807) is 12.1 Å². The van der Waals surface area contributed by atoms with Gasteiger partial charge < -0.3 is 9.47 Å². The molecule has 22 heavy (non-hydrogen) atoms. The van der Waals surface area contributed by atoms with Crippen LogP contribution >= 0.6 is 0 Å². The zero-order valence-corrected chi connectivity index (χ0v) is 13.9. The number of hydrogen-bond acceptors (Lipinski definition) is 4. The molecule has 4 nitrogen and oxygen atoms in total. The Hall–Kier alpha value is -1.84. The van der Waals surface area contributed by atoms with E-state index in [0.29, 0.717) is 24.2 Å². The Morgan fingerprint density at radius 1 is 1.00 bits per heavy atom. The highest BCUT2D eigenvalue weighted by molar-refractivity contribution is 5.79. The van der Waals surface area contributed by atoms with E-state index in [9.17, 15) is 9.59 Å². The van der Waals surface area contributed by atoms with Crippen molar-refractivity contribution in [3.05, 3.63) is 29.8 Å². The number of carbonyl (C=O) groups is 2. The minimum Gasteiger partial charge on any atom is -0.465 e. The van der Waals surface area contributed by atoms with Gasteiger partial charge in [0.1, 0.15) is 5.75 Å². The van der Waals surface area contributed by atoms with Crippen molar-refractivity contribution in [1.29, 1.82) is 0 Å². The number of esters is 2. The van der Waals surface area contributed by atoms with Crippen LogP contribution in [0, 0.1) is 5.92 Å². The van der Waals surface area contributed by atoms with Crippen LogP contribution < -0.4 is 4.74 Å². The van der Waals surface area contributed by atoms with E-state index in [4.69, 9.17) is 9.47 Å². The second-order valence-corrected chi connectivity index (χ2v) is 5.89. The molecule has 0 aliphatic heterocycles. The van der Waals surface area contributed by atoms with Crippen LogP contribution in [0.5, 0.6) is 5.75 Å². The standard InChI is InChI=1S/C18H26O4/c1-5-14(4)12-21-17(19)10-11-18(20)22-16-8-6-15(7-9-16)13(2)3/h6-9,13-14H,5,10-12H2,1-4H3. The van der Waals surface area contributed by atoms with Gasteiger partial charge in [-0.25, -0.2) is 0 Å². The lowest BCUT2D eigenvalue weighted by atomic mass is 10.0. The normalized spacial score (nSPS) is 12.0. The molecule has 1 aromatic rings. The summed E-state index contributed by atoms with van der Waals surface area (Å²) in [5, 5.41) is 0. The predicted molar refractivity (Wildman–Crippen MR) is 85.8 cm³/mol. The molecule has 0 bridgehead atoms. The molecule has 0 amide bonds. The Labute approximate surface area is 132 Å². The van der Waals surface area contributed by atoms with Crippen LogP contribution in [0.15, 0.2) is 24.3 Å². The van der Waals surface area contributed by atoms with Gasteiger partial charge in [0, 0.05) is 0 Å². The largest absolute Gasteiger partial charge is 0.465 e. The van der Waals surface area contributed by atoms with Crippen LogP contribution in [0.25, 0.3) is 0 Å². The van der Waals surface area contributed by atoms with Crippen molar-refractivity contribution in [3.8, 4) is 5.75 Å². The Morgan fingerprint density at radius 2 is 1.59 bits per heavy atom. The molecule has 0 radical (unpaired) electrons. The first-order valence-electron chi connectivity index (χ1n) is 7.88. The number of ether oxygens (including phenoxy) is 2. The van der Waals surface area contributed by atoms with E-state index in [-0.39, 0.29) is 18.8 Å². The molecule has 1 unspecified atom stereocenters. The summed E-state index contributed by atoms with van der Waals surface area (Å²) in [4.78, 5) is 23.2. The third-order valence-corrected chi connectivity index (χ3v) is 3.54. The summed E-state index contributed by atoms with van der Waals surface area (Å²) in [6.07, 6.45) is 1.05. The lowest BCUT2D eigenvalue weighted by Crippen LogP contribution is -2.15. The van der Waals surface area contributed by atoms with Gasteiger partial charge in [0.2, 0.25) is 0 Å². The number of benzene rings is 1. The molecule has 0 fully saturated rings. The summed E-state index contributed by atoms with van der Waals surface area (Å²) < 4.78 is 10.3. The zero-order chi connectivity index (χ0) is 16.5. The smallest absolute Gasteiger partial charge is 0.311 e. The van der Waals surface area contributed by atoms with Crippen LogP contribution in [0.3, 0.4) is 0 Å². The summed E-state index contributed by atoms with van der Waals surface area (Å²) in [6, 6.07) is 7.42. The van der Waals surface area contributed by atoms with Crippen LogP contribution in [0.2, 0.25) is 0 Å². The topological polar surface area (TPSA) is 52.6 Å². The molecule has 0 saturated heterocycles. The third kappa shape index (κ3) is 6.74. The molecule has 0 saturated carbocycles. The number of rotatable bonds is 8. The second-order valence-electron chi connectivity index (χ2n) is 5.89. The zero-order valence-electron chi connectivity index (χ0n) is 13.9. The van der Waals surface area contributed by atoms with Crippen molar-refractivity contribution in [2.45, 2.75) is 52.9 Å². The van der Waals surface area contributed by atoms with Gasteiger partial charge in [-0.15, -0.1) is 0 Å². The van der Waals surface area contributed by atoms with Crippen molar-refractivity contribution in [2.75, 3.05) is 6.61 Å². The molecule has 1 aromatic carbocycles. The maximum absolute atomic E-state index is 11.7. The van der Waals surface area contributed by atoms with Gasteiger partial charge >= 0.3 is 11.9 Å². The maximum Gasteiger partial charge on any atom is 0.311 e. The van der Waals surface area contributed by atoms with Gasteiger partial charge in [-0.2, -0.15) is 0 Å². The molecule has 1 rings (SSSR count). The fourth-order valence-corrected chi connectivity index (χ4v) is 1.73. The fraction of sp³-hybridized carbons (Fsp3) is 0.556. The monoisotopic (exact) mass is 306 g/mol. The van der Waals surface area contributed by atoms with E-state index in [1.807, 2.05) is 26.0 Å². The van der Waals surface area contributed by atoms with Gasteiger partial charge in [-0.1, -0.05) is 46.2 Å².